The smallest absolute Gasteiger partial charge is 0.247 e. The molecule has 1 aromatic heterocycles. The SMILES string of the molecule is C/C(N)=C/C=Nc1ccc(NC(=O)C(NCCc2ccc(C#N)cc2)C2=CCCC=C2)nc1. The Morgan fingerprint density at radius 2 is 2.09 bits per heavy atom. The summed E-state index contributed by atoms with van der Waals surface area (Å²) in [5, 5.41) is 15.2. The van der Waals surface area contributed by atoms with E-state index in [1.807, 2.05) is 18.2 Å². The Balaban J connectivity index is 1.63. The molecule has 1 aliphatic rings. The number of nitrogens with one attached hydrogen (secondary N) is 2. The number of rotatable bonds is 9. The molecule has 0 fully saturated rings. The Morgan fingerprint density at radius 1 is 1.27 bits per heavy atom. The third kappa shape index (κ3) is 7.56. The lowest BCUT2D eigenvalue weighted by molar-refractivity contribution is -0.117. The molecule has 1 amide bonds. The maximum Gasteiger partial charge on any atom is 0.247 e. The summed E-state index contributed by atoms with van der Waals surface area (Å²) in [5.74, 6) is 0.293. The van der Waals surface area contributed by atoms with E-state index in [0.29, 0.717) is 29.3 Å². The molecular weight excluding hydrogens is 412 g/mol. The van der Waals surface area contributed by atoms with Crippen LogP contribution < -0.4 is 16.4 Å². The fourth-order valence-corrected chi connectivity index (χ4v) is 3.29. The van der Waals surface area contributed by atoms with Crippen LogP contribution in [-0.4, -0.2) is 29.7 Å². The quantitative estimate of drug-likeness (QED) is 0.511. The van der Waals surface area contributed by atoms with E-state index in [4.69, 9.17) is 11.0 Å². The maximum absolute atomic E-state index is 13.1. The second-order valence-electron chi connectivity index (χ2n) is 7.71. The van der Waals surface area contributed by atoms with E-state index in [0.717, 1.165) is 30.4 Å². The molecule has 2 aromatic rings. The van der Waals surface area contributed by atoms with Crippen LogP contribution in [-0.2, 0) is 11.2 Å². The second-order valence-corrected chi connectivity index (χ2v) is 7.71. The molecule has 0 aliphatic heterocycles. The van der Waals surface area contributed by atoms with Crippen LogP contribution in [0.15, 0.2) is 83.2 Å². The average Bonchev–Trinajstić information content (AvgIpc) is 2.83. The highest BCUT2D eigenvalue weighted by Crippen LogP contribution is 2.17. The Hall–Kier alpha value is -4.02. The van der Waals surface area contributed by atoms with Crippen LogP contribution >= 0.6 is 0 Å². The lowest BCUT2D eigenvalue weighted by atomic mass is 9.99. The van der Waals surface area contributed by atoms with E-state index in [2.05, 4.69) is 38.8 Å². The molecule has 0 spiro atoms. The van der Waals surface area contributed by atoms with Crippen molar-refractivity contribution in [3.63, 3.8) is 0 Å². The number of amides is 1. The fraction of sp³-hybridized carbons (Fsp3) is 0.231. The highest BCUT2D eigenvalue weighted by Gasteiger charge is 2.22. The number of nitrogens with zero attached hydrogens (tertiary/aromatic N) is 3. The van der Waals surface area contributed by atoms with Gasteiger partial charge in [0.15, 0.2) is 0 Å². The molecule has 1 unspecified atom stereocenters. The third-order valence-corrected chi connectivity index (χ3v) is 5.02. The zero-order valence-corrected chi connectivity index (χ0v) is 18.7. The highest BCUT2D eigenvalue weighted by atomic mass is 16.2. The molecule has 1 aromatic carbocycles. The van der Waals surface area contributed by atoms with E-state index in [1.165, 1.54) is 0 Å². The van der Waals surface area contributed by atoms with E-state index >= 15 is 0 Å². The van der Waals surface area contributed by atoms with Crippen molar-refractivity contribution >= 4 is 23.6 Å². The van der Waals surface area contributed by atoms with Crippen molar-refractivity contribution in [2.24, 2.45) is 10.7 Å². The molecule has 1 heterocycles. The summed E-state index contributed by atoms with van der Waals surface area (Å²) >= 11 is 0. The lowest BCUT2D eigenvalue weighted by Gasteiger charge is -2.21. The zero-order valence-electron chi connectivity index (χ0n) is 18.7. The van der Waals surface area contributed by atoms with Crippen molar-refractivity contribution in [3.05, 3.63) is 89.3 Å². The van der Waals surface area contributed by atoms with Gasteiger partial charge in [-0.2, -0.15) is 5.26 Å². The summed E-state index contributed by atoms with van der Waals surface area (Å²) in [4.78, 5) is 21.6. The molecule has 7 nitrogen and oxygen atoms in total. The summed E-state index contributed by atoms with van der Waals surface area (Å²) < 4.78 is 0. The number of nitriles is 1. The Morgan fingerprint density at radius 3 is 2.73 bits per heavy atom. The number of aliphatic imine (C=N–C) groups is 1. The third-order valence-electron chi connectivity index (χ3n) is 5.02. The largest absolute Gasteiger partial charge is 0.402 e. The maximum atomic E-state index is 13.1. The molecule has 0 saturated carbocycles. The molecule has 168 valence electrons. The van der Waals surface area contributed by atoms with Gasteiger partial charge in [0.05, 0.1) is 23.5 Å². The first kappa shape index (κ1) is 23.6. The normalized spacial score (nSPS) is 14.5. The number of nitrogens with two attached hydrogens (primary N) is 1. The monoisotopic (exact) mass is 440 g/mol. The van der Waals surface area contributed by atoms with Gasteiger partial charge in [0.25, 0.3) is 0 Å². The summed E-state index contributed by atoms with van der Waals surface area (Å²) in [5.41, 5.74) is 9.60. The molecule has 4 N–H and O–H groups in total. The zero-order chi connectivity index (χ0) is 23.5. The van der Waals surface area contributed by atoms with Crippen molar-refractivity contribution in [2.45, 2.75) is 32.2 Å². The molecule has 7 heteroatoms. The van der Waals surface area contributed by atoms with Crippen LogP contribution in [0.4, 0.5) is 11.5 Å². The van der Waals surface area contributed by atoms with Crippen LogP contribution in [0.3, 0.4) is 0 Å². The van der Waals surface area contributed by atoms with Gasteiger partial charge < -0.3 is 16.4 Å². The molecule has 3 rings (SSSR count). The summed E-state index contributed by atoms with van der Waals surface area (Å²) in [6.45, 7) is 2.40. The summed E-state index contributed by atoms with van der Waals surface area (Å²) in [6.07, 6.45) is 13.7. The molecular formula is C26H28N6O. The van der Waals surface area contributed by atoms with Gasteiger partial charge in [0, 0.05) is 18.5 Å². The van der Waals surface area contributed by atoms with Crippen molar-refractivity contribution in [1.29, 1.82) is 5.26 Å². The standard InChI is InChI=1S/C26H28N6O/c1-19(28)13-15-29-23-11-12-24(31-18-23)32-26(33)25(22-5-3-2-4-6-22)30-16-14-20-7-9-21(17-27)10-8-20/h3,5-13,15,18,25,30H,2,4,14,16,28H2,1H3,(H,31,32,33)/b19-13-,29-15?. The number of benzene rings is 1. The van der Waals surface area contributed by atoms with Gasteiger partial charge in [-0.1, -0.05) is 30.4 Å². The number of hydrogen-bond acceptors (Lipinski definition) is 6. The predicted octanol–water partition coefficient (Wildman–Crippen LogP) is 3.93. The van der Waals surface area contributed by atoms with Crippen molar-refractivity contribution in [2.75, 3.05) is 11.9 Å². The number of aromatic nitrogens is 1. The minimum atomic E-state index is -0.489. The van der Waals surface area contributed by atoms with Crippen LogP contribution in [0.2, 0.25) is 0 Å². The second kappa shape index (κ2) is 12.1. The van der Waals surface area contributed by atoms with E-state index in [1.54, 1.807) is 49.7 Å². The minimum Gasteiger partial charge on any atom is -0.402 e. The van der Waals surface area contributed by atoms with E-state index in [-0.39, 0.29) is 5.91 Å². The van der Waals surface area contributed by atoms with Crippen molar-refractivity contribution in [1.82, 2.24) is 10.3 Å². The molecule has 0 radical (unpaired) electrons. The Bertz CT molecular complexity index is 1100. The number of allylic oxidation sites excluding steroid dienone is 4. The van der Waals surface area contributed by atoms with Crippen LogP contribution in [0.25, 0.3) is 0 Å². The van der Waals surface area contributed by atoms with Crippen LogP contribution in [0.1, 0.15) is 30.9 Å². The van der Waals surface area contributed by atoms with Crippen molar-refractivity contribution < 1.29 is 4.79 Å². The van der Waals surface area contributed by atoms with E-state index < -0.39 is 6.04 Å². The van der Waals surface area contributed by atoms with Gasteiger partial charge in [-0.05, 0) is 67.7 Å². The molecule has 1 atom stereocenters. The first-order valence-electron chi connectivity index (χ1n) is 10.9. The number of pyridine rings is 1. The molecule has 0 saturated heterocycles. The van der Waals surface area contributed by atoms with Crippen LogP contribution in [0.5, 0.6) is 0 Å². The lowest BCUT2D eigenvalue weighted by Crippen LogP contribution is -2.43. The fourth-order valence-electron chi connectivity index (χ4n) is 3.29. The number of carbonyl (C=O) groups is 1. The van der Waals surface area contributed by atoms with Gasteiger partial charge in [-0.3, -0.25) is 9.79 Å². The number of anilines is 1. The van der Waals surface area contributed by atoms with Gasteiger partial charge in [-0.25, -0.2) is 4.98 Å². The first-order valence-corrected chi connectivity index (χ1v) is 10.9. The molecule has 0 bridgehead atoms. The summed E-state index contributed by atoms with van der Waals surface area (Å²) in [6, 6.07) is 12.6. The highest BCUT2D eigenvalue weighted by molar-refractivity contribution is 5.96. The van der Waals surface area contributed by atoms with Gasteiger partial charge in [0.1, 0.15) is 11.9 Å². The number of hydrogen-bond donors (Lipinski definition) is 3. The number of carbonyl (C=O) groups excluding carboxylic acids is 1. The Kier molecular flexibility index (Phi) is 8.69. The van der Waals surface area contributed by atoms with Gasteiger partial charge >= 0.3 is 0 Å². The van der Waals surface area contributed by atoms with Crippen LogP contribution in [0, 0.1) is 11.3 Å². The molecule has 33 heavy (non-hydrogen) atoms. The van der Waals surface area contributed by atoms with E-state index in [9.17, 15) is 4.79 Å². The predicted molar refractivity (Wildman–Crippen MR) is 132 cm³/mol. The van der Waals surface area contributed by atoms with Gasteiger partial charge in [0.2, 0.25) is 5.91 Å². The van der Waals surface area contributed by atoms with Gasteiger partial charge in [-0.15, -0.1) is 0 Å². The topological polar surface area (TPSA) is 116 Å². The van der Waals surface area contributed by atoms with Crippen molar-refractivity contribution in [3.8, 4) is 6.07 Å². The minimum absolute atomic E-state index is 0.168. The molecule has 1 aliphatic carbocycles. The Labute approximate surface area is 194 Å². The first-order chi connectivity index (χ1) is 16.0. The average molecular weight is 441 g/mol. The summed E-state index contributed by atoms with van der Waals surface area (Å²) in [7, 11) is 0.